The molecule has 150 valence electrons. The number of carbonyl (C=O) groups excluding carboxylic acids is 1. The number of hydrogen-bond donors (Lipinski definition) is 0. The van der Waals surface area contributed by atoms with E-state index in [-0.39, 0.29) is 17.0 Å². The highest BCUT2D eigenvalue weighted by atomic mass is 16.6. The Morgan fingerprint density at radius 1 is 1.15 bits per heavy atom. The molecule has 27 heavy (non-hydrogen) atoms. The maximum absolute atomic E-state index is 12.1. The van der Waals surface area contributed by atoms with Crippen molar-refractivity contribution in [2.45, 2.75) is 84.7 Å². The van der Waals surface area contributed by atoms with Crippen LogP contribution in [-0.4, -0.2) is 18.2 Å². The third-order valence-electron chi connectivity index (χ3n) is 8.58. The van der Waals surface area contributed by atoms with Crippen LogP contribution in [0.4, 0.5) is 0 Å². The number of fused-ring (bicyclic) bond motifs is 5. The smallest absolute Gasteiger partial charge is 0.306 e. The van der Waals surface area contributed by atoms with Crippen LogP contribution in [0, 0.1) is 29.1 Å². The summed E-state index contributed by atoms with van der Waals surface area (Å²) in [6.45, 7) is 9.37. The molecule has 0 saturated heterocycles. The van der Waals surface area contributed by atoms with E-state index in [9.17, 15) is 4.79 Å². The molecule has 4 aliphatic carbocycles. The molecule has 0 N–H and O–H groups in total. The Labute approximate surface area is 164 Å². The van der Waals surface area contributed by atoms with Crippen molar-refractivity contribution >= 4 is 5.97 Å². The maximum atomic E-state index is 12.1. The van der Waals surface area contributed by atoms with Gasteiger partial charge in [-0.25, -0.2) is 0 Å². The Morgan fingerprint density at radius 3 is 2.70 bits per heavy atom. The van der Waals surface area contributed by atoms with Gasteiger partial charge in [-0.15, -0.1) is 0 Å². The number of esters is 1. The number of carbonyl (C=O) groups is 1. The molecular formula is C24H36O3. The predicted molar refractivity (Wildman–Crippen MR) is 107 cm³/mol. The zero-order chi connectivity index (χ0) is 19.2. The summed E-state index contributed by atoms with van der Waals surface area (Å²) in [6.07, 6.45) is 13.5. The van der Waals surface area contributed by atoms with E-state index in [0.717, 1.165) is 31.3 Å². The van der Waals surface area contributed by atoms with Gasteiger partial charge in [-0.2, -0.15) is 0 Å². The largest absolute Gasteiger partial charge is 0.498 e. The first-order valence-corrected chi connectivity index (χ1v) is 11.2. The van der Waals surface area contributed by atoms with Gasteiger partial charge in [0.05, 0.1) is 12.4 Å². The van der Waals surface area contributed by atoms with Gasteiger partial charge >= 0.3 is 5.97 Å². The van der Waals surface area contributed by atoms with E-state index in [4.69, 9.17) is 9.47 Å². The van der Waals surface area contributed by atoms with Crippen LogP contribution in [0.1, 0.15) is 79.1 Å². The summed E-state index contributed by atoms with van der Waals surface area (Å²) in [5.74, 6) is 4.09. The molecule has 0 aliphatic heterocycles. The average molecular weight is 373 g/mol. The highest BCUT2D eigenvalue weighted by molar-refractivity contribution is 5.69. The highest BCUT2D eigenvalue weighted by Gasteiger charge is 2.62. The summed E-state index contributed by atoms with van der Waals surface area (Å²) in [6, 6.07) is 0. The van der Waals surface area contributed by atoms with Crippen molar-refractivity contribution in [2.24, 2.45) is 29.1 Å². The first-order chi connectivity index (χ1) is 12.9. The van der Waals surface area contributed by atoms with Crippen LogP contribution in [0.5, 0.6) is 0 Å². The second kappa shape index (κ2) is 6.97. The highest BCUT2D eigenvalue weighted by Crippen LogP contribution is 2.65. The van der Waals surface area contributed by atoms with E-state index >= 15 is 0 Å². The Bertz CT molecular complexity index is 663. The van der Waals surface area contributed by atoms with Gasteiger partial charge in [0, 0.05) is 18.3 Å². The zero-order valence-corrected chi connectivity index (χ0v) is 17.6. The Kier molecular flexibility index (Phi) is 4.93. The molecule has 3 nitrogen and oxygen atoms in total. The van der Waals surface area contributed by atoms with Gasteiger partial charge in [-0.05, 0) is 87.7 Å². The van der Waals surface area contributed by atoms with Crippen LogP contribution in [-0.2, 0) is 14.3 Å². The molecule has 4 rings (SSSR count). The first-order valence-electron chi connectivity index (χ1n) is 11.2. The van der Waals surface area contributed by atoms with Crippen molar-refractivity contribution < 1.29 is 14.3 Å². The van der Waals surface area contributed by atoms with Crippen molar-refractivity contribution in [1.29, 1.82) is 0 Å². The summed E-state index contributed by atoms with van der Waals surface area (Å²) in [5, 5.41) is 0. The van der Waals surface area contributed by atoms with E-state index in [1.165, 1.54) is 43.4 Å². The molecule has 2 saturated carbocycles. The molecule has 0 aromatic heterocycles. The summed E-state index contributed by atoms with van der Waals surface area (Å²) in [4.78, 5) is 12.1. The van der Waals surface area contributed by atoms with Gasteiger partial charge in [-0.1, -0.05) is 19.9 Å². The molecule has 0 unspecified atom stereocenters. The average Bonchev–Trinajstić information content (AvgIpc) is 2.92. The van der Waals surface area contributed by atoms with Crippen LogP contribution in [0.15, 0.2) is 23.5 Å². The van der Waals surface area contributed by atoms with E-state index < -0.39 is 0 Å². The van der Waals surface area contributed by atoms with Crippen molar-refractivity contribution in [3.63, 3.8) is 0 Å². The molecule has 0 heterocycles. The Hall–Kier alpha value is -1.25. The molecule has 0 spiro atoms. The van der Waals surface area contributed by atoms with E-state index in [0.29, 0.717) is 18.3 Å². The van der Waals surface area contributed by atoms with Gasteiger partial charge in [0.15, 0.2) is 0 Å². The normalized spacial score (nSPS) is 43.0. The second-order valence-electron chi connectivity index (χ2n) is 9.62. The van der Waals surface area contributed by atoms with Gasteiger partial charge in [0.1, 0.15) is 5.60 Å². The fourth-order valence-corrected chi connectivity index (χ4v) is 6.94. The SMILES string of the molecule is CCOC1=CC2=CC[C@@H]3[C@H](CC[C@]4(C)[C@@H]3CC[C@]4(C)OC(=O)CC)[C@@H]2CC1. The van der Waals surface area contributed by atoms with Gasteiger partial charge < -0.3 is 9.47 Å². The lowest BCUT2D eigenvalue weighted by molar-refractivity contribution is -0.177. The van der Waals surface area contributed by atoms with E-state index in [1.807, 2.05) is 6.92 Å². The molecule has 2 fully saturated rings. The van der Waals surface area contributed by atoms with Crippen LogP contribution >= 0.6 is 0 Å². The molecule has 6 atom stereocenters. The number of ether oxygens (including phenoxy) is 2. The third-order valence-corrected chi connectivity index (χ3v) is 8.58. The summed E-state index contributed by atoms with van der Waals surface area (Å²) >= 11 is 0. The summed E-state index contributed by atoms with van der Waals surface area (Å²) in [5.41, 5.74) is 1.38. The second-order valence-corrected chi connectivity index (χ2v) is 9.62. The maximum Gasteiger partial charge on any atom is 0.306 e. The molecule has 0 radical (unpaired) electrons. The minimum absolute atomic E-state index is 0.0341. The zero-order valence-electron chi connectivity index (χ0n) is 17.6. The summed E-state index contributed by atoms with van der Waals surface area (Å²) < 4.78 is 11.9. The molecule has 4 aliphatic rings. The standard InChI is InChI=1S/C24H36O3/c1-5-22(25)27-24(4)14-12-21-20-9-7-16-15-17(26-6-2)8-10-18(16)19(20)11-13-23(21,24)3/h7,15,18-21H,5-6,8-14H2,1-4H3/t18-,19-,20-,21-,23-,24+/m1/s1. The lowest BCUT2D eigenvalue weighted by Gasteiger charge is -2.55. The number of allylic oxidation sites excluding steroid dienone is 4. The van der Waals surface area contributed by atoms with E-state index in [2.05, 4.69) is 32.9 Å². The lowest BCUT2D eigenvalue weighted by atomic mass is 9.51. The fraction of sp³-hybridized carbons (Fsp3) is 0.792. The molecule has 0 aromatic carbocycles. The third kappa shape index (κ3) is 2.96. The van der Waals surface area contributed by atoms with Gasteiger partial charge in [0.25, 0.3) is 0 Å². The van der Waals surface area contributed by atoms with E-state index in [1.54, 1.807) is 0 Å². The monoisotopic (exact) mass is 372 g/mol. The Balaban J connectivity index is 1.57. The molecule has 0 amide bonds. The van der Waals surface area contributed by atoms with Gasteiger partial charge in [0.2, 0.25) is 0 Å². The predicted octanol–water partition coefficient (Wildman–Crippen LogP) is 5.80. The molecule has 0 aromatic rings. The van der Waals surface area contributed by atoms with Crippen molar-refractivity contribution in [1.82, 2.24) is 0 Å². The lowest BCUT2D eigenvalue weighted by Crippen LogP contribution is -2.52. The van der Waals surface area contributed by atoms with Crippen molar-refractivity contribution in [3.8, 4) is 0 Å². The van der Waals surface area contributed by atoms with Crippen LogP contribution in [0.3, 0.4) is 0 Å². The first kappa shape index (κ1) is 19.1. The fourth-order valence-electron chi connectivity index (χ4n) is 6.94. The molecule has 0 bridgehead atoms. The number of rotatable bonds is 4. The molecular weight excluding hydrogens is 336 g/mol. The Morgan fingerprint density at radius 2 is 1.96 bits per heavy atom. The molecule has 3 heteroatoms. The van der Waals surface area contributed by atoms with Crippen molar-refractivity contribution in [3.05, 3.63) is 23.5 Å². The van der Waals surface area contributed by atoms with Crippen molar-refractivity contribution in [2.75, 3.05) is 6.61 Å². The minimum Gasteiger partial charge on any atom is -0.498 e. The van der Waals surface area contributed by atoms with Crippen LogP contribution < -0.4 is 0 Å². The topological polar surface area (TPSA) is 35.5 Å². The minimum atomic E-state index is -0.283. The quantitative estimate of drug-likeness (QED) is 0.585. The number of hydrogen-bond acceptors (Lipinski definition) is 3. The van der Waals surface area contributed by atoms with Crippen LogP contribution in [0.2, 0.25) is 0 Å². The van der Waals surface area contributed by atoms with Gasteiger partial charge in [-0.3, -0.25) is 4.79 Å². The summed E-state index contributed by atoms with van der Waals surface area (Å²) in [7, 11) is 0. The van der Waals surface area contributed by atoms with Crippen LogP contribution in [0.25, 0.3) is 0 Å².